The first-order valence-electron chi connectivity index (χ1n) is 8.09. The van der Waals surface area contributed by atoms with Crippen molar-refractivity contribution >= 4 is 5.95 Å². The van der Waals surface area contributed by atoms with E-state index >= 15 is 0 Å². The van der Waals surface area contributed by atoms with Crippen LogP contribution in [0.1, 0.15) is 29.1 Å². The second-order valence-corrected chi connectivity index (χ2v) is 6.10. The molecule has 0 amide bonds. The maximum atomic E-state index is 8.95. The standard InChI is InChI=1S/C16H19N7/c17-10-12-4-5-18-16(19-12)23-8-6-22(7-9-23)11-15-13-2-1-3-14(13)20-21-15/h4-5H,1-3,6-9,11H2,(H,20,21). The van der Waals surface area contributed by atoms with E-state index in [2.05, 4.69) is 36.0 Å². The maximum Gasteiger partial charge on any atom is 0.226 e. The van der Waals surface area contributed by atoms with Crippen LogP contribution in [0.25, 0.3) is 0 Å². The Balaban J connectivity index is 1.38. The van der Waals surface area contributed by atoms with Gasteiger partial charge in [0, 0.05) is 44.6 Å². The summed E-state index contributed by atoms with van der Waals surface area (Å²) in [5.41, 5.74) is 4.41. The van der Waals surface area contributed by atoms with Crippen LogP contribution < -0.4 is 4.90 Å². The van der Waals surface area contributed by atoms with Crippen molar-refractivity contribution in [1.29, 1.82) is 5.26 Å². The van der Waals surface area contributed by atoms with Gasteiger partial charge in [-0.25, -0.2) is 9.97 Å². The molecule has 1 aliphatic carbocycles. The van der Waals surface area contributed by atoms with Gasteiger partial charge in [-0.15, -0.1) is 0 Å². The molecule has 2 aromatic heterocycles. The topological polar surface area (TPSA) is 84.7 Å². The number of nitriles is 1. The van der Waals surface area contributed by atoms with Gasteiger partial charge < -0.3 is 4.90 Å². The molecule has 0 atom stereocenters. The minimum absolute atomic E-state index is 0.421. The van der Waals surface area contributed by atoms with E-state index in [1.807, 2.05) is 0 Å². The quantitative estimate of drug-likeness (QED) is 0.906. The van der Waals surface area contributed by atoms with Crippen LogP contribution in [0.3, 0.4) is 0 Å². The first-order valence-corrected chi connectivity index (χ1v) is 8.09. The molecular weight excluding hydrogens is 290 g/mol. The van der Waals surface area contributed by atoms with Crippen molar-refractivity contribution in [2.24, 2.45) is 0 Å². The second-order valence-electron chi connectivity index (χ2n) is 6.10. The lowest BCUT2D eigenvalue weighted by atomic mass is 10.2. The monoisotopic (exact) mass is 309 g/mol. The highest BCUT2D eigenvalue weighted by molar-refractivity contribution is 5.34. The largest absolute Gasteiger partial charge is 0.338 e. The SMILES string of the molecule is N#Cc1ccnc(N2CCN(Cc3n[nH]c4c3CCC4)CC2)n1. The average Bonchev–Trinajstić information content (AvgIpc) is 3.21. The Labute approximate surface area is 135 Å². The van der Waals surface area contributed by atoms with Gasteiger partial charge in [-0.2, -0.15) is 10.4 Å². The van der Waals surface area contributed by atoms with Crippen molar-refractivity contribution < 1.29 is 0 Å². The van der Waals surface area contributed by atoms with Crippen molar-refractivity contribution in [3.8, 4) is 6.07 Å². The highest BCUT2D eigenvalue weighted by Crippen LogP contribution is 2.24. The molecule has 1 aliphatic heterocycles. The third-order valence-corrected chi connectivity index (χ3v) is 4.68. The first kappa shape index (κ1) is 14.2. The van der Waals surface area contributed by atoms with Crippen molar-refractivity contribution in [3.63, 3.8) is 0 Å². The Hall–Kier alpha value is -2.46. The predicted molar refractivity (Wildman–Crippen MR) is 84.8 cm³/mol. The van der Waals surface area contributed by atoms with Gasteiger partial charge in [-0.3, -0.25) is 10.00 Å². The molecule has 0 aromatic carbocycles. The van der Waals surface area contributed by atoms with Crippen LogP contribution in [-0.2, 0) is 19.4 Å². The molecular formula is C16H19N7. The molecule has 0 radical (unpaired) electrons. The highest BCUT2D eigenvalue weighted by atomic mass is 15.3. The van der Waals surface area contributed by atoms with E-state index < -0.39 is 0 Å². The normalized spacial score (nSPS) is 18.0. The number of aromatic amines is 1. The molecule has 118 valence electrons. The van der Waals surface area contributed by atoms with Crippen molar-refractivity contribution in [3.05, 3.63) is 34.9 Å². The van der Waals surface area contributed by atoms with Gasteiger partial charge in [0.25, 0.3) is 0 Å². The molecule has 0 saturated carbocycles. The number of H-pyrrole nitrogens is 1. The van der Waals surface area contributed by atoms with E-state index in [9.17, 15) is 0 Å². The number of aromatic nitrogens is 4. The number of aryl methyl sites for hydroxylation is 1. The predicted octanol–water partition coefficient (Wildman–Crippen LogP) is 0.882. The fraction of sp³-hybridized carbons (Fsp3) is 0.500. The fourth-order valence-corrected chi connectivity index (χ4v) is 3.40. The van der Waals surface area contributed by atoms with E-state index in [4.69, 9.17) is 5.26 Å². The second kappa shape index (κ2) is 5.97. The number of nitrogens with zero attached hydrogens (tertiary/aromatic N) is 6. The number of anilines is 1. The molecule has 7 heteroatoms. The van der Waals surface area contributed by atoms with Gasteiger partial charge in [0.1, 0.15) is 11.8 Å². The molecule has 1 fully saturated rings. The molecule has 0 spiro atoms. The molecule has 2 aliphatic rings. The van der Waals surface area contributed by atoms with Gasteiger partial charge in [-0.1, -0.05) is 0 Å². The van der Waals surface area contributed by atoms with E-state index in [1.54, 1.807) is 12.3 Å². The minimum Gasteiger partial charge on any atom is -0.338 e. The molecule has 1 saturated heterocycles. The van der Waals surface area contributed by atoms with E-state index in [1.165, 1.54) is 23.4 Å². The number of nitrogens with one attached hydrogen (secondary N) is 1. The summed E-state index contributed by atoms with van der Waals surface area (Å²) in [4.78, 5) is 13.1. The van der Waals surface area contributed by atoms with Crippen LogP contribution in [0.4, 0.5) is 5.95 Å². The lowest BCUT2D eigenvalue weighted by Gasteiger charge is -2.34. The van der Waals surface area contributed by atoms with Crippen LogP contribution in [0.15, 0.2) is 12.3 Å². The van der Waals surface area contributed by atoms with Crippen LogP contribution in [0.2, 0.25) is 0 Å². The molecule has 0 unspecified atom stereocenters. The minimum atomic E-state index is 0.421. The lowest BCUT2D eigenvalue weighted by molar-refractivity contribution is 0.245. The Morgan fingerprint density at radius 1 is 1.22 bits per heavy atom. The molecule has 7 nitrogen and oxygen atoms in total. The van der Waals surface area contributed by atoms with Crippen LogP contribution in [0, 0.1) is 11.3 Å². The summed E-state index contributed by atoms with van der Waals surface area (Å²) in [5.74, 6) is 0.657. The van der Waals surface area contributed by atoms with Crippen molar-refractivity contribution in [1.82, 2.24) is 25.1 Å². The molecule has 0 bridgehead atoms. The zero-order chi connectivity index (χ0) is 15.6. The van der Waals surface area contributed by atoms with Crippen LogP contribution in [-0.4, -0.2) is 51.2 Å². The van der Waals surface area contributed by atoms with E-state index in [-0.39, 0.29) is 0 Å². The van der Waals surface area contributed by atoms with Gasteiger partial charge in [0.05, 0.1) is 5.69 Å². The van der Waals surface area contributed by atoms with Gasteiger partial charge in [0.15, 0.2) is 0 Å². The molecule has 1 N–H and O–H groups in total. The molecule has 23 heavy (non-hydrogen) atoms. The summed E-state index contributed by atoms with van der Waals surface area (Å²) in [6.45, 7) is 4.59. The number of hydrogen-bond acceptors (Lipinski definition) is 6. The number of piperazine rings is 1. The third kappa shape index (κ3) is 2.78. The van der Waals surface area contributed by atoms with E-state index in [0.717, 1.165) is 45.6 Å². The smallest absolute Gasteiger partial charge is 0.226 e. The zero-order valence-electron chi connectivity index (χ0n) is 13.0. The Morgan fingerprint density at radius 2 is 2.09 bits per heavy atom. The van der Waals surface area contributed by atoms with Gasteiger partial charge in [-0.05, 0) is 30.9 Å². The summed E-state index contributed by atoms with van der Waals surface area (Å²) in [6.07, 6.45) is 5.20. The molecule has 4 rings (SSSR count). The molecule has 2 aromatic rings. The summed E-state index contributed by atoms with van der Waals surface area (Å²) >= 11 is 0. The summed E-state index contributed by atoms with van der Waals surface area (Å²) in [5, 5.41) is 16.6. The van der Waals surface area contributed by atoms with Crippen LogP contribution in [0.5, 0.6) is 0 Å². The Bertz CT molecular complexity index is 737. The van der Waals surface area contributed by atoms with Crippen LogP contribution >= 0.6 is 0 Å². The Kier molecular flexibility index (Phi) is 3.67. The summed E-state index contributed by atoms with van der Waals surface area (Å²) in [7, 11) is 0. The average molecular weight is 309 g/mol. The van der Waals surface area contributed by atoms with Gasteiger partial charge in [0.2, 0.25) is 5.95 Å². The first-order chi connectivity index (χ1) is 11.3. The zero-order valence-corrected chi connectivity index (χ0v) is 13.0. The maximum absolute atomic E-state index is 8.95. The van der Waals surface area contributed by atoms with Crippen molar-refractivity contribution in [2.75, 3.05) is 31.1 Å². The third-order valence-electron chi connectivity index (χ3n) is 4.68. The highest BCUT2D eigenvalue weighted by Gasteiger charge is 2.23. The summed E-state index contributed by atoms with van der Waals surface area (Å²) < 4.78 is 0. The number of rotatable bonds is 3. The summed E-state index contributed by atoms with van der Waals surface area (Å²) in [6, 6.07) is 3.71. The fourth-order valence-electron chi connectivity index (χ4n) is 3.40. The van der Waals surface area contributed by atoms with E-state index in [0.29, 0.717) is 11.6 Å². The Morgan fingerprint density at radius 3 is 2.91 bits per heavy atom. The number of hydrogen-bond donors (Lipinski definition) is 1. The van der Waals surface area contributed by atoms with Crippen molar-refractivity contribution in [2.45, 2.75) is 25.8 Å². The number of fused-ring (bicyclic) bond motifs is 1. The van der Waals surface area contributed by atoms with Gasteiger partial charge >= 0.3 is 0 Å². The molecule has 3 heterocycles. The lowest BCUT2D eigenvalue weighted by Crippen LogP contribution is -2.46.